The van der Waals surface area contributed by atoms with Gasteiger partial charge in [0.25, 0.3) is 0 Å². The molecule has 0 spiro atoms. The van der Waals surface area contributed by atoms with E-state index in [0.29, 0.717) is 11.6 Å². The smallest absolute Gasteiger partial charge is 0.411 e. The quantitative estimate of drug-likeness (QED) is 0.501. The fraction of sp³-hybridized carbons (Fsp3) is 0.560. The maximum atomic E-state index is 12.1. The average Bonchev–Trinajstić information content (AvgIpc) is 3.27. The predicted octanol–water partition coefficient (Wildman–Crippen LogP) is 4.89. The molecule has 0 radical (unpaired) electrons. The molecule has 1 aromatic heterocycles. The lowest BCUT2D eigenvalue weighted by Crippen LogP contribution is -2.28. The molecule has 0 atom stereocenters. The molecule has 3 N–H and O–H groups in total. The molecule has 3 rings (SSSR count). The third-order valence-corrected chi connectivity index (χ3v) is 7.17. The van der Waals surface area contributed by atoms with Crippen LogP contribution in [0.2, 0.25) is 0 Å². The molecule has 0 saturated heterocycles. The van der Waals surface area contributed by atoms with E-state index in [2.05, 4.69) is 22.2 Å². The minimum absolute atomic E-state index is 0.0949. The van der Waals surface area contributed by atoms with Gasteiger partial charge in [0.1, 0.15) is 6.10 Å². The van der Waals surface area contributed by atoms with Crippen LogP contribution >= 0.6 is 11.3 Å². The number of hydrogen-bond donors (Lipinski definition) is 2. The molecular formula is C25H37N5O4S. The first kappa shape index (κ1) is 26.7. The Hall–Kier alpha value is -2.85. The molecule has 0 unspecified atom stereocenters. The lowest BCUT2D eigenvalue weighted by molar-refractivity contribution is 0.0787. The van der Waals surface area contributed by atoms with Crippen molar-refractivity contribution in [1.29, 1.82) is 0 Å². The number of carbonyl (C=O) groups excluding carboxylic acids is 2. The summed E-state index contributed by atoms with van der Waals surface area (Å²) >= 11 is 1.70. The number of rotatable bonds is 9. The lowest BCUT2D eigenvalue weighted by atomic mass is 9.88. The molecule has 1 fully saturated rings. The molecule has 1 aromatic carbocycles. The molecule has 10 heteroatoms. The standard InChI is InChI=1S/C25H37N5O4S/c1-16(2)33-25(32)28-18-8-11-20(21(14-18)30(5)13-12-29(3)4)22-15-27-23(35-22)17-6-9-19(10-7-17)34-24(26)31/h8,11,14-17,19H,6-7,9-10,12-13H2,1-5H3,(H2,26,31)(H,28,32)/t17-,19-. The Morgan fingerprint density at radius 3 is 2.51 bits per heavy atom. The van der Waals surface area contributed by atoms with E-state index in [-0.39, 0.29) is 12.2 Å². The van der Waals surface area contributed by atoms with E-state index in [4.69, 9.17) is 20.2 Å². The summed E-state index contributed by atoms with van der Waals surface area (Å²) in [5.41, 5.74) is 7.94. The van der Waals surface area contributed by atoms with Crippen LogP contribution in [0.4, 0.5) is 21.0 Å². The molecule has 192 valence electrons. The Labute approximate surface area is 211 Å². The summed E-state index contributed by atoms with van der Waals surface area (Å²) in [6.45, 7) is 5.37. The minimum atomic E-state index is -0.702. The van der Waals surface area contributed by atoms with Crippen LogP contribution in [0.25, 0.3) is 10.4 Å². The number of ether oxygens (including phenoxy) is 2. The Bertz CT molecular complexity index is 1000. The molecule has 9 nitrogen and oxygen atoms in total. The van der Waals surface area contributed by atoms with Gasteiger partial charge >= 0.3 is 12.2 Å². The van der Waals surface area contributed by atoms with Crippen LogP contribution in [0.3, 0.4) is 0 Å². The Morgan fingerprint density at radius 2 is 1.89 bits per heavy atom. The summed E-state index contributed by atoms with van der Waals surface area (Å²) in [6.07, 6.45) is 3.92. The number of nitrogens with zero attached hydrogens (tertiary/aromatic N) is 3. The number of hydrogen-bond acceptors (Lipinski definition) is 8. The third kappa shape index (κ3) is 7.83. The van der Waals surface area contributed by atoms with Crippen LogP contribution in [0.1, 0.15) is 50.5 Å². The summed E-state index contributed by atoms with van der Waals surface area (Å²) < 4.78 is 10.4. The second-order valence-electron chi connectivity index (χ2n) is 9.51. The number of amides is 2. The molecule has 0 aliphatic heterocycles. The number of nitrogens with two attached hydrogens (primary N) is 1. The van der Waals surface area contributed by atoms with Crippen molar-refractivity contribution in [2.24, 2.45) is 5.73 Å². The van der Waals surface area contributed by atoms with Gasteiger partial charge in [-0.15, -0.1) is 11.3 Å². The maximum Gasteiger partial charge on any atom is 0.411 e. The summed E-state index contributed by atoms with van der Waals surface area (Å²) in [5.74, 6) is 0.350. The highest BCUT2D eigenvalue weighted by Gasteiger charge is 2.27. The molecule has 35 heavy (non-hydrogen) atoms. The monoisotopic (exact) mass is 503 g/mol. The summed E-state index contributed by atoms with van der Waals surface area (Å²) in [6, 6.07) is 5.91. The highest BCUT2D eigenvalue weighted by atomic mass is 32.1. The Balaban J connectivity index is 1.80. The number of likely N-dealkylation sites (N-methyl/N-ethyl adjacent to an activating group) is 2. The number of primary amides is 1. The van der Waals surface area contributed by atoms with Gasteiger partial charge in [-0.25, -0.2) is 14.6 Å². The number of carbonyl (C=O) groups is 2. The van der Waals surface area contributed by atoms with Gasteiger partial charge in [-0.1, -0.05) is 0 Å². The van der Waals surface area contributed by atoms with Crippen LogP contribution in [-0.4, -0.2) is 68.5 Å². The van der Waals surface area contributed by atoms with Crippen LogP contribution in [0.5, 0.6) is 0 Å². The van der Waals surface area contributed by atoms with Gasteiger partial charge in [0.15, 0.2) is 0 Å². The van der Waals surface area contributed by atoms with Crippen molar-refractivity contribution >= 4 is 34.9 Å². The molecule has 1 heterocycles. The molecule has 0 bridgehead atoms. The van der Waals surface area contributed by atoms with Gasteiger partial charge in [-0.05, 0) is 71.8 Å². The van der Waals surface area contributed by atoms with Crippen molar-refractivity contribution in [1.82, 2.24) is 9.88 Å². The van der Waals surface area contributed by atoms with Crippen LogP contribution in [-0.2, 0) is 9.47 Å². The second-order valence-corrected chi connectivity index (χ2v) is 10.6. The van der Waals surface area contributed by atoms with Crippen LogP contribution in [0.15, 0.2) is 24.4 Å². The van der Waals surface area contributed by atoms with Gasteiger partial charge in [-0.2, -0.15) is 0 Å². The zero-order chi connectivity index (χ0) is 25.5. The van der Waals surface area contributed by atoms with Gasteiger partial charge in [0, 0.05) is 49.2 Å². The normalized spacial score (nSPS) is 17.9. The first-order chi connectivity index (χ1) is 16.6. The van der Waals surface area contributed by atoms with E-state index in [1.165, 1.54) is 0 Å². The average molecular weight is 504 g/mol. The Morgan fingerprint density at radius 1 is 1.17 bits per heavy atom. The van der Waals surface area contributed by atoms with Gasteiger partial charge in [0.05, 0.1) is 16.0 Å². The van der Waals surface area contributed by atoms with E-state index in [0.717, 1.165) is 59.9 Å². The van der Waals surface area contributed by atoms with Crippen molar-refractivity contribution < 1.29 is 19.1 Å². The van der Waals surface area contributed by atoms with E-state index in [1.54, 1.807) is 11.3 Å². The first-order valence-corrected chi connectivity index (χ1v) is 12.8. The number of nitrogens with one attached hydrogen (secondary N) is 1. The zero-order valence-corrected chi connectivity index (χ0v) is 22.1. The number of thiazole rings is 1. The van der Waals surface area contributed by atoms with E-state index >= 15 is 0 Å². The van der Waals surface area contributed by atoms with Gasteiger partial charge in [0.2, 0.25) is 0 Å². The summed E-state index contributed by atoms with van der Waals surface area (Å²) in [4.78, 5) is 33.3. The zero-order valence-electron chi connectivity index (χ0n) is 21.2. The minimum Gasteiger partial charge on any atom is -0.447 e. The first-order valence-electron chi connectivity index (χ1n) is 12.0. The molecule has 2 aromatic rings. The molecule has 2 amide bonds. The van der Waals surface area contributed by atoms with Crippen LogP contribution < -0.4 is 16.0 Å². The lowest BCUT2D eigenvalue weighted by Gasteiger charge is -2.26. The number of benzene rings is 1. The molecule has 1 aliphatic rings. The van der Waals surface area contributed by atoms with Gasteiger partial charge in [-0.3, -0.25) is 5.32 Å². The fourth-order valence-electron chi connectivity index (χ4n) is 4.16. The SMILES string of the molecule is CC(C)OC(=O)Nc1ccc(-c2cnc([C@H]3CC[C@H](OC(N)=O)CC3)s2)c(N(C)CCN(C)C)c1. The highest BCUT2D eigenvalue weighted by Crippen LogP contribution is 2.41. The summed E-state index contributed by atoms with van der Waals surface area (Å²) in [5, 5.41) is 3.93. The second kappa shape index (κ2) is 12.2. The van der Waals surface area contributed by atoms with Crippen molar-refractivity contribution in [2.45, 2.75) is 57.7 Å². The van der Waals surface area contributed by atoms with Gasteiger partial charge < -0.3 is 25.0 Å². The highest BCUT2D eigenvalue weighted by molar-refractivity contribution is 7.15. The predicted molar refractivity (Wildman–Crippen MR) is 140 cm³/mol. The maximum absolute atomic E-state index is 12.1. The van der Waals surface area contributed by atoms with Crippen LogP contribution in [0, 0.1) is 0 Å². The molecule has 1 saturated carbocycles. The Kier molecular flexibility index (Phi) is 9.33. The van der Waals surface area contributed by atoms with E-state index in [1.807, 2.05) is 52.3 Å². The third-order valence-electron chi connectivity index (χ3n) is 5.98. The molecular weight excluding hydrogens is 466 g/mol. The van der Waals surface area contributed by atoms with Crippen molar-refractivity contribution in [3.8, 4) is 10.4 Å². The fourth-order valence-corrected chi connectivity index (χ4v) is 5.28. The van der Waals surface area contributed by atoms with E-state index < -0.39 is 12.2 Å². The van der Waals surface area contributed by atoms with Crippen molar-refractivity contribution in [3.05, 3.63) is 29.4 Å². The number of aromatic nitrogens is 1. The van der Waals surface area contributed by atoms with Crippen molar-refractivity contribution in [2.75, 3.05) is 44.4 Å². The number of anilines is 2. The van der Waals surface area contributed by atoms with Crippen molar-refractivity contribution in [3.63, 3.8) is 0 Å². The topological polar surface area (TPSA) is 110 Å². The largest absolute Gasteiger partial charge is 0.447 e. The molecule has 1 aliphatic carbocycles. The summed E-state index contributed by atoms with van der Waals surface area (Å²) in [7, 11) is 6.15. The van der Waals surface area contributed by atoms with E-state index in [9.17, 15) is 9.59 Å².